The summed E-state index contributed by atoms with van der Waals surface area (Å²) >= 11 is 0. The molecule has 0 radical (unpaired) electrons. The fourth-order valence-electron chi connectivity index (χ4n) is 1.63. The van der Waals surface area contributed by atoms with Crippen LogP contribution < -0.4 is 11.2 Å². The summed E-state index contributed by atoms with van der Waals surface area (Å²) < 4.78 is 5.50. The topological polar surface area (TPSA) is 103 Å². The van der Waals surface area contributed by atoms with E-state index in [0.29, 0.717) is 13.2 Å². The predicted octanol–water partition coefficient (Wildman–Crippen LogP) is -0.102. The van der Waals surface area contributed by atoms with Gasteiger partial charge in [0.1, 0.15) is 0 Å². The van der Waals surface area contributed by atoms with Crippen molar-refractivity contribution in [3.63, 3.8) is 0 Å². The Bertz CT molecular complexity index is 277. The highest BCUT2D eigenvalue weighted by Crippen LogP contribution is 2.28. The second-order valence-corrected chi connectivity index (χ2v) is 4.24. The second kappa shape index (κ2) is 4.43. The Kier molecular flexibility index (Phi) is 3.46. The summed E-state index contributed by atoms with van der Waals surface area (Å²) in [4.78, 5) is 13.9. The van der Waals surface area contributed by atoms with Gasteiger partial charge in [0.15, 0.2) is 5.03 Å². The quantitative estimate of drug-likeness (QED) is 0.297. The number of hydrazine groups is 1. The molecule has 7 heteroatoms. The van der Waals surface area contributed by atoms with Crippen LogP contribution in [0.25, 0.3) is 0 Å². The number of hydrogen-bond acceptors (Lipinski definition) is 4. The van der Waals surface area contributed by atoms with Crippen LogP contribution in [0.3, 0.4) is 0 Å². The van der Waals surface area contributed by atoms with Crippen LogP contribution in [0.4, 0.5) is 0 Å². The Morgan fingerprint density at radius 2 is 2.47 bits per heavy atom. The molecule has 0 aromatic carbocycles. The molecule has 3 N–H and O–H groups in total. The third-order valence-electron chi connectivity index (χ3n) is 2.22. The minimum Gasteiger partial charge on any atom is -0.375 e. The van der Waals surface area contributed by atoms with Crippen LogP contribution in [0.5, 0.6) is 0 Å². The van der Waals surface area contributed by atoms with E-state index in [4.69, 9.17) is 10.5 Å². The van der Waals surface area contributed by atoms with E-state index in [-0.39, 0.29) is 17.5 Å². The summed E-state index contributed by atoms with van der Waals surface area (Å²) in [6, 6.07) is 0. The SMILES string of the molecule is CC1(C)CC(CN=C(N)N[N+](=O)[O-])CO1. The van der Waals surface area contributed by atoms with Crippen molar-refractivity contribution >= 4 is 5.96 Å². The lowest BCUT2D eigenvalue weighted by Crippen LogP contribution is -2.36. The van der Waals surface area contributed by atoms with Gasteiger partial charge in [-0.25, -0.2) is 15.1 Å². The maximum absolute atomic E-state index is 10.0. The van der Waals surface area contributed by atoms with Gasteiger partial charge in [0.05, 0.1) is 12.2 Å². The van der Waals surface area contributed by atoms with Crippen LogP contribution in [0.1, 0.15) is 20.3 Å². The van der Waals surface area contributed by atoms with Crippen LogP contribution in [0, 0.1) is 16.0 Å². The third kappa shape index (κ3) is 4.11. The van der Waals surface area contributed by atoms with E-state index in [1.54, 1.807) is 5.43 Å². The van der Waals surface area contributed by atoms with Crippen LogP contribution >= 0.6 is 0 Å². The van der Waals surface area contributed by atoms with Crippen molar-refractivity contribution < 1.29 is 9.77 Å². The molecule has 0 saturated carbocycles. The summed E-state index contributed by atoms with van der Waals surface area (Å²) in [5.41, 5.74) is 6.95. The molecule has 1 saturated heterocycles. The molecule has 1 atom stereocenters. The van der Waals surface area contributed by atoms with Crippen molar-refractivity contribution in [3.05, 3.63) is 10.1 Å². The second-order valence-electron chi connectivity index (χ2n) is 4.24. The molecule has 15 heavy (non-hydrogen) atoms. The molecule has 7 nitrogen and oxygen atoms in total. The number of nitrogens with two attached hydrogens (primary N) is 1. The molecule has 0 aromatic rings. The first-order valence-corrected chi connectivity index (χ1v) is 4.74. The van der Waals surface area contributed by atoms with Gasteiger partial charge < -0.3 is 10.5 Å². The van der Waals surface area contributed by atoms with E-state index in [9.17, 15) is 10.1 Å². The van der Waals surface area contributed by atoms with E-state index in [1.165, 1.54) is 0 Å². The van der Waals surface area contributed by atoms with Crippen molar-refractivity contribution in [1.29, 1.82) is 0 Å². The van der Waals surface area contributed by atoms with Gasteiger partial charge >= 0.3 is 0 Å². The average Bonchev–Trinajstić information content (AvgIpc) is 2.41. The number of nitrogens with one attached hydrogen (secondary N) is 1. The lowest BCUT2D eigenvalue weighted by atomic mass is 9.98. The number of aliphatic imine (C=N–C) groups is 1. The Morgan fingerprint density at radius 3 is 2.93 bits per heavy atom. The minimum absolute atomic E-state index is 0.120. The van der Waals surface area contributed by atoms with Gasteiger partial charge in [0.2, 0.25) is 0 Å². The zero-order chi connectivity index (χ0) is 11.5. The van der Waals surface area contributed by atoms with Gasteiger partial charge in [-0.1, -0.05) is 5.43 Å². The lowest BCUT2D eigenvalue weighted by molar-refractivity contribution is -0.525. The van der Waals surface area contributed by atoms with Gasteiger partial charge in [0.25, 0.3) is 5.96 Å². The molecule has 0 bridgehead atoms. The molecule has 1 aliphatic rings. The highest BCUT2D eigenvalue weighted by molar-refractivity contribution is 5.76. The van der Waals surface area contributed by atoms with Gasteiger partial charge in [-0.15, -0.1) is 0 Å². The smallest absolute Gasteiger partial charge is 0.251 e. The Labute approximate surface area is 87.8 Å². The van der Waals surface area contributed by atoms with Crippen LogP contribution in [0.2, 0.25) is 0 Å². The Morgan fingerprint density at radius 1 is 1.80 bits per heavy atom. The van der Waals surface area contributed by atoms with Crippen molar-refractivity contribution in [2.75, 3.05) is 13.2 Å². The van der Waals surface area contributed by atoms with Crippen LogP contribution in [-0.2, 0) is 4.74 Å². The standard InChI is InChI=1S/C8H16N4O3/c1-8(2)3-6(5-15-8)4-10-7(9)11-12(13)14/h6H,3-5H2,1-2H3,(H3,9,10,11). The van der Waals surface area contributed by atoms with Gasteiger partial charge in [-0.05, 0) is 20.3 Å². The average molecular weight is 216 g/mol. The van der Waals surface area contributed by atoms with Crippen molar-refractivity contribution in [3.8, 4) is 0 Å². The Balaban J connectivity index is 2.34. The van der Waals surface area contributed by atoms with Crippen LogP contribution in [0.15, 0.2) is 4.99 Å². The molecule has 1 aliphatic heterocycles. The molecular formula is C8H16N4O3. The van der Waals surface area contributed by atoms with Gasteiger partial charge in [0, 0.05) is 12.5 Å². The maximum atomic E-state index is 10.0. The summed E-state index contributed by atoms with van der Waals surface area (Å²) in [7, 11) is 0. The molecule has 1 fully saturated rings. The first kappa shape index (κ1) is 11.7. The molecule has 0 aliphatic carbocycles. The fraction of sp³-hybridized carbons (Fsp3) is 0.875. The van der Waals surface area contributed by atoms with E-state index in [1.807, 2.05) is 13.8 Å². The first-order valence-electron chi connectivity index (χ1n) is 4.74. The molecule has 0 spiro atoms. The van der Waals surface area contributed by atoms with Crippen molar-refractivity contribution in [2.45, 2.75) is 25.9 Å². The zero-order valence-electron chi connectivity index (χ0n) is 8.90. The lowest BCUT2D eigenvalue weighted by Gasteiger charge is -2.15. The number of nitro groups is 1. The highest BCUT2D eigenvalue weighted by Gasteiger charge is 2.31. The molecule has 0 amide bonds. The number of rotatable bonds is 3. The van der Waals surface area contributed by atoms with Gasteiger partial charge in [-0.3, -0.25) is 0 Å². The van der Waals surface area contributed by atoms with Crippen molar-refractivity contribution in [1.82, 2.24) is 5.43 Å². The minimum atomic E-state index is -0.728. The number of hydrogen-bond donors (Lipinski definition) is 2. The molecule has 0 aromatic heterocycles. The summed E-state index contributed by atoms with van der Waals surface area (Å²) in [5.74, 6) is 0.122. The molecule has 1 unspecified atom stereocenters. The van der Waals surface area contributed by atoms with Gasteiger partial charge in [-0.2, -0.15) is 0 Å². The normalized spacial score (nSPS) is 25.2. The first-order chi connectivity index (χ1) is 6.89. The Hall–Kier alpha value is -1.37. The predicted molar refractivity (Wildman–Crippen MR) is 54.8 cm³/mol. The molecule has 1 heterocycles. The van der Waals surface area contributed by atoms with Crippen LogP contribution in [-0.4, -0.2) is 29.7 Å². The highest BCUT2D eigenvalue weighted by atomic mass is 16.7. The molecule has 1 rings (SSSR count). The van der Waals surface area contributed by atoms with E-state index in [2.05, 4.69) is 4.99 Å². The fourth-order valence-corrected chi connectivity index (χ4v) is 1.63. The number of ether oxygens (including phenoxy) is 1. The zero-order valence-corrected chi connectivity index (χ0v) is 8.90. The monoisotopic (exact) mass is 216 g/mol. The largest absolute Gasteiger partial charge is 0.375 e. The third-order valence-corrected chi connectivity index (χ3v) is 2.22. The molecule has 86 valence electrons. The van der Waals surface area contributed by atoms with Crippen molar-refractivity contribution in [2.24, 2.45) is 16.6 Å². The number of nitrogens with zero attached hydrogens (tertiary/aromatic N) is 2. The van der Waals surface area contributed by atoms with E-state index in [0.717, 1.165) is 6.42 Å². The summed E-state index contributed by atoms with van der Waals surface area (Å²) in [6.45, 7) is 5.10. The van der Waals surface area contributed by atoms with E-state index >= 15 is 0 Å². The maximum Gasteiger partial charge on any atom is 0.251 e. The summed E-state index contributed by atoms with van der Waals surface area (Å²) in [5, 5.41) is 9.29. The molecular weight excluding hydrogens is 200 g/mol. The summed E-state index contributed by atoms with van der Waals surface area (Å²) in [6.07, 6.45) is 0.891. The van der Waals surface area contributed by atoms with E-state index < -0.39 is 5.03 Å². The number of guanidine groups is 1.